The van der Waals surface area contributed by atoms with E-state index in [1.165, 1.54) is 28.8 Å². The van der Waals surface area contributed by atoms with Crippen LogP contribution in [0.4, 0.5) is 5.69 Å². The number of carbonyl (C=O) groups excluding carboxylic acids is 1. The maximum absolute atomic E-state index is 12.9. The number of carbonyl (C=O) groups is 1. The smallest absolute Gasteiger partial charge is 0.262 e. The summed E-state index contributed by atoms with van der Waals surface area (Å²) in [5.41, 5.74) is 0.711. The van der Waals surface area contributed by atoms with Crippen molar-refractivity contribution >= 4 is 44.3 Å². The minimum Gasteiger partial charge on any atom is -0.396 e. The molecule has 1 atom stereocenters. The molecule has 1 unspecified atom stereocenters. The quantitative estimate of drug-likeness (QED) is 0.340. The van der Waals surface area contributed by atoms with Crippen LogP contribution in [0.25, 0.3) is 10.9 Å². The van der Waals surface area contributed by atoms with Crippen LogP contribution in [0.2, 0.25) is 0 Å². The number of aromatic nitrogens is 2. The number of fused-ring (bicyclic) bond motifs is 1. The molecule has 11 heteroatoms. The van der Waals surface area contributed by atoms with Gasteiger partial charge in [-0.05, 0) is 49.7 Å². The molecular formula is C20H22N4O5S2. The maximum Gasteiger partial charge on any atom is 0.262 e. The van der Waals surface area contributed by atoms with Crippen LogP contribution in [0.15, 0.2) is 63.4 Å². The molecule has 0 saturated heterocycles. The molecule has 0 saturated carbocycles. The Labute approximate surface area is 183 Å². The molecule has 1 heterocycles. The molecule has 0 bridgehead atoms. The van der Waals surface area contributed by atoms with E-state index in [2.05, 4.69) is 10.3 Å². The van der Waals surface area contributed by atoms with E-state index in [1.54, 1.807) is 31.2 Å². The third-order valence-electron chi connectivity index (χ3n) is 4.47. The molecule has 9 nitrogen and oxygen atoms in total. The number of primary sulfonamides is 1. The maximum atomic E-state index is 12.9. The summed E-state index contributed by atoms with van der Waals surface area (Å²) in [6.07, 6.45) is 0.379. The summed E-state index contributed by atoms with van der Waals surface area (Å²) in [7, 11) is -3.81. The number of sulfonamides is 1. The highest BCUT2D eigenvalue weighted by molar-refractivity contribution is 8.00. The summed E-state index contributed by atoms with van der Waals surface area (Å²) in [5.74, 6) is -0.343. The lowest BCUT2D eigenvalue weighted by Gasteiger charge is -2.16. The second-order valence-corrected chi connectivity index (χ2v) is 9.63. The molecule has 4 N–H and O–H groups in total. The van der Waals surface area contributed by atoms with Gasteiger partial charge in [0.15, 0.2) is 5.16 Å². The number of hydrogen-bond acceptors (Lipinski definition) is 7. The van der Waals surface area contributed by atoms with Crippen molar-refractivity contribution in [3.8, 4) is 0 Å². The summed E-state index contributed by atoms with van der Waals surface area (Å²) in [4.78, 5) is 30.0. The SMILES string of the molecule is CC(Sc1nc2ccccc2c(=O)n1CCCO)C(=O)Nc1ccc(S(N)(=O)=O)cc1. The van der Waals surface area contributed by atoms with Crippen LogP contribution < -0.4 is 16.0 Å². The van der Waals surface area contributed by atoms with Crippen molar-refractivity contribution in [2.24, 2.45) is 5.14 Å². The van der Waals surface area contributed by atoms with E-state index < -0.39 is 15.3 Å². The molecule has 0 spiro atoms. The largest absolute Gasteiger partial charge is 0.396 e. The highest BCUT2D eigenvalue weighted by Crippen LogP contribution is 2.24. The molecule has 3 aromatic rings. The Balaban J connectivity index is 1.82. The standard InChI is InChI=1S/C20H22N4O5S2/c1-13(18(26)22-14-7-9-15(10-8-14)31(21,28)29)30-20-23-17-6-3-2-5-16(17)19(27)24(20)11-4-12-25/h2-3,5-10,13,25H,4,11-12H2,1H3,(H,22,26)(H2,21,28,29). The molecule has 0 radical (unpaired) electrons. The van der Waals surface area contributed by atoms with Gasteiger partial charge in [-0.25, -0.2) is 18.5 Å². The highest BCUT2D eigenvalue weighted by atomic mass is 32.2. The summed E-state index contributed by atoms with van der Waals surface area (Å²) < 4.78 is 24.2. The minimum absolute atomic E-state index is 0.0545. The van der Waals surface area contributed by atoms with E-state index >= 15 is 0 Å². The fraction of sp³-hybridized carbons (Fsp3) is 0.250. The van der Waals surface area contributed by atoms with Crippen molar-refractivity contribution in [2.75, 3.05) is 11.9 Å². The minimum atomic E-state index is -3.81. The summed E-state index contributed by atoms with van der Waals surface area (Å²) in [5, 5.41) is 17.2. The number of thioether (sulfide) groups is 1. The van der Waals surface area contributed by atoms with Gasteiger partial charge in [-0.3, -0.25) is 14.2 Å². The van der Waals surface area contributed by atoms with Crippen molar-refractivity contribution in [3.63, 3.8) is 0 Å². The van der Waals surface area contributed by atoms with Gasteiger partial charge in [-0.1, -0.05) is 23.9 Å². The number of para-hydroxylation sites is 1. The van der Waals surface area contributed by atoms with Crippen LogP contribution in [0, 0.1) is 0 Å². The topological polar surface area (TPSA) is 144 Å². The Bertz CT molecular complexity index is 1260. The normalized spacial score (nSPS) is 12.6. The molecule has 31 heavy (non-hydrogen) atoms. The lowest BCUT2D eigenvalue weighted by molar-refractivity contribution is -0.115. The fourth-order valence-electron chi connectivity index (χ4n) is 2.85. The average Bonchev–Trinajstić information content (AvgIpc) is 2.73. The predicted octanol–water partition coefficient (Wildman–Crippen LogP) is 1.55. The zero-order valence-electron chi connectivity index (χ0n) is 16.7. The van der Waals surface area contributed by atoms with Gasteiger partial charge >= 0.3 is 0 Å². The number of nitrogens with zero attached hydrogens (tertiary/aromatic N) is 2. The number of aliphatic hydroxyl groups is 1. The first-order valence-electron chi connectivity index (χ1n) is 9.41. The van der Waals surface area contributed by atoms with Crippen LogP contribution in [0.1, 0.15) is 13.3 Å². The van der Waals surface area contributed by atoms with Crippen molar-refractivity contribution in [3.05, 3.63) is 58.9 Å². The van der Waals surface area contributed by atoms with Crippen molar-refractivity contribution in [1.82, 2.24) is 9.55 Å². The Morgan fingerprint density at radius 1 is 1.23 bits per heavy atom. The highest BCUT2D eigenvalue weighted by Gasteiger charge is 2.20. The first-order valence-corrected chi connectivity index (χ1v) is 11.8. The Morgan fingerprint density at radius 3 is 2.55 bits per heavy atom. The number of amides is 1. The second kappa shape index (κ2) is 9.60. The van der Waals surface area contributed by atoms with Gasteiger partial charge in [0.25, 0.3) is 5.56 Å². The lowest BCUT2D eigenvalue weighted by Crippen LogP contribution is -2.27. The number of aliphatic hydroxyl groups excluding tert-OH is 1. The zero-order chi connectivity index (χ0) is 22.6. The molecule has 0 aliphatic rings. The molecule has 1 amide bonds. The van der Waals surface area contributed by atoms with Gasteiger partial charge in [-0.15, -0.1) is 0 Å². The molecule has 2 aromatic carbocycles. The summed E-state index contributed by atoms with van der Waals surface area (Å²) in [6.45, 7) is 1.88. The van der Waals surface area contributed by atoms with Gasteiger partial charge in [0.05, 0.1) is 21.0 Å². The molecule has 0 aliphatic carbocycles. The third-order valence-corrected chi connectivity index (χ3v) is 6.49. The number of nitrogens with one attached hydrogen (secondary N) is 1. The zero-order valence-corrected chi connectivity index (χ0v) is 18.3. The Morgan fingerprint density at radius 2 is 1.90 bits per heavy atom. The third kappa shape index (κ3) is 5.50. The van der Waals surface area contributed by atoms with Crippen LogP contribution in [-0.4, -0.2) is 40.8 Å². The van der Waals surface area contributed by atoms with E-state index in [9.17, 15) is 23.1 Å². The van der Waals surface area contributed by atoms with Crippen LogP contribution in [0.3, 0.4) is 0 Å². The number of benzene rings is 2. The van der Waals surface area contributed by atoms with Crippen molar-refractivity contribution in [1.29, 1.82) is 0 Å². The number of anilines is 1. The molecule has 0 fully saturated rings. The van der Waals surface area contributed by atoms with Gasteiger partial charge in [0.1, 0.15) is 0 Å². The van der Waals surface area contributed by atoms with Crippen LogP contribution >= 0.6 is 11.8 Å². The first-order chi connectivity index (χ1) is 14.7. The van der Waals surface area contributed by atoms with Gasteiger partial charge in [0, 0.05) is 18.8 Å². The number of hydrogen-bond donors (Lipinski definition) is 3. The van der Waals surface area contributed by atoms with Crippen LogP contribution in [0.5, 0.6) is 0 Å². The van der Waals surface area contributed by atoms with Gasteiger partial charge < -0.3 is 10.4 Å². The second-order valence-electron chi connectivity index (χ2n) is 6.76. The summed E-state index contributed by atoms with van der Waals surface area (Å²) >= 11 is 1.13. The molecule has 3 rings (SSSR count). The Kier molecular flexibility index (Phi) is 7.11. The molecule has 1 aromatic heterocycles. The van der Waals surface area contributed by atoms with Crippen molar-refractivity contribution in [2.45, 2.75) is 35.2 Å². The molecular weight excluding hydrogens is 440 g/mol. The Hall–Kier alpha value is -2.73. The van der Waals surface area contributed by atoms with Gasteiger partial charge in [-0.2, -0.15) is 0 Å². The first kappa shape index (κ1) is 22.9. The van der Waals surface area contributed by atoms with E-state index in [0.29, 0.717) is 28.2 Å². The number of rotatable bonds is 8. The average molecular weight is 463 g/mol. The van der Waals surface area contributed by atoms with E-state index in [0.717, 1.165) is 11.8 Å². The number of nitrogens with two attached hydrogens (primary N) is 1. The summed E-state index contributed by atoms with van der Waals surface area (Å²) in [6, 6.07) is 12.5. The molecule has 0 aliphatic heterocycles. The van der Waals surface area contributed by atoms with E-state index in [1.807, 2.05) is 0 Å². The fourth-order valence-corrected chi connectivity index (χ4v) is 4.30. The predicted molar refractivity (Wildman–Crippen MR) is 119 cm³/mol. The van der Waals surface area contributed by atoms with E-state index in [-0.39, 0.29) is 29.5 Å². The van der Waals surface area contributed by atoms with Crippen LogP contribution in [-0.2, 0) is 21.4 Å². The van der Waals surface area contributed by atoms with Crippen molar-refractivity contribution < 1.29 is 18.3 Å². The molecule has 164 valence electrons. The monoisotopic (exact) mass is 462 g/mol. The van der Waals surface area contributed by atoms with E-state index in [4.69, 9.17) is 5.14 Å². The van der Waals surface area contributed by atoms with Gasteiger partial charge in [0.2, 0.25) is 15.9 Å². The lowest BCUT2D eigenvalue weighted by atomic mass is 10.2.